The number of benzene rings is 1. The molecule has 0 aliphatic carbocycles. The number of carbonyl (C=O) groups excluding carboxylic acids is 1. The van der Waals surface area contributed by atoms with Gasteiger partial charge >= 0.3 is 5.97 Å². The standard InChI is InChI=1S/C15H18ClN3O2/c1-3-21-15(20)11-8-18-19(9-11)14(10(2)17)12-6-4-5-7-13(12)16/h4-10,14H,3,17H2,1-2H3. The lowest BCUT2D eigenvalue weighted by atomic mass is 10.0. The van der Waals surface area contributed by atoms with Crippen LogP contribution in [0.15, 0.2) is 36.7 Å². The van der Waals surface area contributed by atoms with Crippen LogP contribution < -0.4 is 5.73 Å². The highest BCUT2D eigenvalue weighted by Crippen LogP contribution is 2.27. The molecule has 0 fully saturated rings. The summed E-state index contributed by atoms with van der Waals surface area (Å²) in [6.45, 7) is 3.96. The highest BCUT2D eigenvalue weighted by Gasteiger charge is 2.22. The average molecular weight is 308 g/mol. The van der Waals surface area contributed by atoms with Crippen LogP contribution >= 0.6 is 11.6 Å². The molecule has 0 amide bonds. The fraction of sp³-hybridized carbons (Fsp3) is 0.333. The Morgan fingerprint density at radius 1 is 1.48 bits per heavy atom. The Hall–Kier alpha value is -1.85. The van der Waals surface area contributed by atoms with Gasteiger partial charge in [-0.2, -0.15) is 5.10 Å². The van der Waals surface area contributed by atoms with E-state index in [9.17, 15) is 4.79 Å². The largest absolute Gasteiger partial charge is 0.462 e. The van der Waals surface area contributed by atoms with Gasteiger partial charge in [-0.25, -0.2) is 4.79 Å². The minimum Gasteiger partial charge on any atom is -0.462 e. The second-order valence-electron chi connectivity index (χ2n) is 4.75. The molecular weight excluding hydrogens is 290 g/mol. The minimum absolute atomic E-state index is 0.222. The summed E-state index contributed by atoms with van der Waals surface area (Å²) in [5.41, 5.74) is 7.34. The number of ether oxygens (including phenoxy) is 1. The zero-order valence-electron chi connectivity index (χ0n) is 12.0. The van der Waals surface area contributed by atoms with E-state index in [0.29, 0.717) is 17.2 Å². The van der Waals surface area contributed by atoms with E-state index in [-0.39, 0.29) is 12.1 Å². The first-order chi connectivity index (χ1) is 10.0. The SMILES string of the molecule is CCOC(=O)c1cnn(C(c2ccccc2Cl)C(C)N)c1. The molecule has 21 heavy (non-hydrogen) atoms. The summed E-state index contributed by atoms with van der Waals surface area (Å²) in [7, 11) is 0. The van der Waals surface area contributed by atoms with Crippen LogP contribution in [0.3, 0.4) is 0 Å². The van der Waals surface area contributed by atoms with Crippen LogP contribution in [-0.2, 0) is 4.74 Å². The van der Waals surface area contributed by atoms with Crippen molar-refractivity contribution in [3.8, 4) is 0 Å². The molecule has 2 unspecified atom stereocenters. The molecule has 0 saturated heterocycles. The third-order valence-electron chi connectivity index (χ3n) is 3.12. The van der Waals surface area contributed by atoms with Crippen LogP contribution in [0, 0.1) is 0 Å². The van der Waals surface area contributed by atoms with E-state index in [1.165, 1.54) is 6.20 Å². The molecule has 0 radical (unpaired) electrons. The normalized spacial score (nSPS) is 13.7. The predicted octanol–water partition coefficient (Wildman–Crippen LogP) is 2.65. The van der Waals surface area contributed by atoms with Crippen molar-refractivity contribution in [2.24, 2.45) is 5.73 Å². The van der Waals surface area contributed by atoms with E-state index in [4.69, 9.17) is 22.1 Å². The number of esters is 1. The number of nitrogens with two attached hydrogens (primary N) is 1. The summed E-state index contributed by atoms with van der Waals surface area (Å²) in [6.07, 6.45) is 3.11. The first-order valence-corrected chi connectivity index (χ1v) is 7.13. The van der Waals surface area contributed by atoms with Crippen LogP contribution in [0.25, 0.3) is 0 Å². The summed E-state index contributed by atoms with van der Waals surface area (Å²) in [5, 5.41) is 4.85. The predicted molar refractivity (Wildman–Crippen MR) is 81.4 cm³/mol. The van der Waals surface area contributed by atoms with E-state index in [1.807, 2.05) is 31.2 Å². The molecule has 5 nitrogen and oxygen atoms in total. The van der Waals surface area contributed by atoms with Crippen LogP contribution in [0.1, 0.15) is 35.8 Å². The molecule has 2 N–H and O–H groups in total. The van der Waals surface area contributed by atoms with Gasteiger partial charge in [-0.05, 0) is 25.5 Å². The quantitative estimate of drug-likeness (QED) is 0.862. The second-order valence-corrected chi connectivity index (χ2v) is 5.16. The first kappa shape index (κ1) is 15.5. The molecule has 6 heteroatoms. The van der Waals surface area contributed by atoms with Crippen molar-refractivity contribution >= 4 is 17.6 Å². The average Bonchev–Trinajstić information content (AvgIpc) is 2.91. The van der Waals surface area contributed by atoms with Crippen molar-refractivity contribution in [2.75, 3.05) is 6.61 Å². The maximum absolute atomic E-state index is 11.7. The molecular formula is C15H18ClN3O2. The number of halogens is 1. The van der Waals surface area contributed by atoms with Crippen molar-refractivity contribution in [3.05, 3.63) is 52.8 Å². The zero-order chi connectivity index (χ0) is 15.4. The van der Waals surface area contributed by atoms with Crippen LogP contribution in [0.4, 0.5) is 0 Å². The van der Waals surface area contributed by atoms with E-state index in [1.54, 1.807) is 17.8 Å². The first-order valence-electron chi connectivity index (χ1n) is 6.76. The van der Waals surface area contributed by atoms with Gasteiger partial charge in [-0.3, -0.25) is 4.68 Å². The molecule has 1 aromatic carbocycles. The number of rotatable bonds is 5. The Morgan fingerprint density at radius 2 is 2.19 bits per heavy atom. The third-order valence-corrected chi connectivity index (χ3v) is 3.46. The van der Waals surface area contributed by atoms with E-state index in [2.05, 4.69) is 5.10 Å². The van der Waals surface area contributed by atoms with Gasteiger partial charge in [0.2, 0.25) is 0 Å². The van der Waals surface area contributed by atoms with Crippen LogP contribution in [-0.4, -0.2) is 28.4 Å². The Labute approximate surface area is 128 Å². The third kappa shape index (κ3) is 3.43. The van der Waals surface area contributed by atoms with Crippen LogP contribution in [0.2, 0.25) is 5.02 Å². The lowest BCUT2D eigenvalue weighted by Gasteiger charge is -2.22. The highest BCUT2D eigenvalue weighted by atomic mass is 35.5. The van der Waals surface area contributed by atoms with Crippen molar-refractivity contribution < 1.29 is 9.53 Å². The Kier molecular flexibility index (Phi) is 4.98. The summed E-state index contributed by atoms with van der Waals surface area (Å²) in [6, 6.07) is 7.00. The number of aromatic nitrogens is 2. The monoisotopic (exact) mass is 307 g/mol. The number of carbonyl (C=O) groups is 1. The number of hydrogen-bond donors (Lipinski definition) is 1. The maximum atomic E-state index is 11.7. The summed E-state index contributed by atoms with van der Waals surface area (Å²) in [4.78, 5) is 11.7. The van der Waals surface area contributed by atoms with Crippen molar-refractivity contribution in [1.82, 2.24) is 9.78 Å². The molecule has 2 atom stereocenters. The molecule has 2 aromatic rings. The molecule has 0 aliphatic rings. The lowest BCUT2D eigenvalue weighted by molar-refractivity contribution is 0.0526. The molecule has 2 rings (SSSR count). The molecule has 0 bridgehead atoms. The van der Waals surface area contributed by atoms with Gasteiger partial charge in [-0.1, -0.05) is 29.8 Å². The molecule has 0 saturated carbocycles. The fourth-order valence-corrected chi connectivity index (χ4v) is 2.44. The fourth-order valence-electron chi connectivity index (χ4n) is 2.19. The van der Waals surface area contributed by atoms with Crippen LogP contribution in [0.5, 0.6) is 0 Å². The van der Waals surface area contributed by atoms with Gasteiger partial charge in [0.15, 0.2) is 0 Å². The summed E-state index contributed by atoms with van der Waals surface area (Å²) in [5.74, 6) is -0.397. The van der Waals surface area contributed by atoms with Gasteiger partial charge < -0.3 is 10.5 Å². The smallest absolute Gasteiger partial charge is 0.341 e. The molecule has 112 valence electrons. The van der Waals surface area contributed by atoms with Gasteiger partial charge in [-0.15, -0.1) is 0 Å². The molecule has 0 aliphatic heterocycles. The topological polar surface area (TPSA) is 70.1 Å². The number of nitrogens with zero attached hydrogens (tertiary/aromatic N) is 2. The minimum atomic E-state index is -0.397. The summed E-state index contributed by atoms with van der Waals surface area (Å²) >= 11 is 6.24. The second kappa shape index (κ2) is 6.74. The Bertz CT molecular complexity index is 625. The van der Waals surface area contributed by atoms with E-state index >= 15 is 0 Å². The van der Waals surface area contributed by atoms with Gasteiger partial charge in [0.05, 0.1) is 24.4 Å². The summed E-state index contributed by atoms with van der Waals surface area (Å²) < 4.78 is 6.61. The Balaban J connectivity index is 2.36. The van der Waals surface area contributed by atoms with Crippen molar-refractivity contribution in [2.45, 2.75) is 25.9 Å². The molecule has 1 aromatic heterocycles. The van der Waals surface area contributed by atoms with Crippen molar-refractivity contribution in [1.29, 1.82) is 0 Å². The Morgan fingerprint density at radius 3 is 2.81 bits per heavy atom. The molecule has 0 spiro atoms. The maximum Gasteiger partial charge on any atom is 0.341 e. The van der Waals surface area contributed by atoms with E-state index in [0.717, 1.165) is 5.56 Å². The number of hydrogen-bond acceptors (Lipinski definition) is 4. The van der Waals surface area contributed by atoms with Gasteiger partial charge in [0.25, 0.3) is 0 Å². The van der Waals surface area contributed by atoms with Gasteiger partial charge in [0.1, 0.15) is 0 Å². The van der Waals surface area contributed by atoms with E-state index < -0.39 is 5.97 Å². The van der Waals surface area contributed by atoms with Crippen molar-refractivity contribution in [3.63, 3.8) is 0 Å². The van der Waals surface area contributed by atoms with Gasteiger partial charge in [0, 0.05) is 17.3 Å². The molecule has 1 heterocycles. The zero-order valence-corrected chi connectivity index (χ0v) is 12.7. The highest BCUT2D eigenvalue weighted by molar-refractivity contribution is 6.31. The lowest BCUT2D eigenvalue weighted by Crippen LogP contribution is -2.30.